The van der Waals surface area contributed by atoms with E-state index >= 15 is 0 Å². The molecule has 2 aromatic carbocycles. The summed E-state index contributed by atoms with van der Waals surface area (Å²) in [5.74, 6) is 0. The van der Waals surface area contributed by atoms with Gasteiger partial charge in [0, 0.05) is 5.56 Å². The molecule has 0 spiro atoms. The highest BCUT2D eigenvalue weighted by Crippen LogP contribution is 2.30. The lowest BCUT2D eigenvalue weighted by Gasteiger charge is -2.14. The number of aryl methyl sites for hydroxylation is 1. The van der Waals surface area contributed by atoms with Gasteiger partial charge in [-0.05, 0) is 54.7 Å². The maximum Gasteiger partial charge on any atom is 0.150 e. The third-order valence-electron chi connectivity index (χ3n) is 3.34. The zero-order chi connectivity index (χ0) is 12.4. The highest BCUT2D eigenvalue weighted by Gasteiger charge is 2.11. The Labute approximate surface area is 102 Å². The van der Waals surface area contributed by atoms with Gasteiger partial charge in [0.25, 0.3) is 0 Å². The molecule has 0 aromatic heterocycles. The second kappa shape index (κ2) is 4.54. The Morgan fingerprint density at radius 2 is 1.59 bits per heavy atom. The van der Waals surface area contributed by atoms with Gasteiger partial charge in [0.1, 0.15) is 6.29 Å². The molecule has 86 valence electrons. The van der Waals surface area contributed by atoms with Gasteiger partial charge in [-0.15, -0.1) is 0 Å². The van der Waals surface area contributed by atoms with Crippen molar-refractivity contribution in [2.75, 3.05) is 0 Å². The van der Waals surface area contributed by atoms with Gasteiger partial charge < -0.3 is 0 Å². The summed E-state index contributed by atoms with van der Waals surface area (Å²) in [6, 6.07) is 12.2. The van der Waals surface area contributed by atoms with Crippen molar-refractivity contribution in [3.8, 4) is 11.1 Å². The van der Waals surface area contributed by atoms with Crippen LogP contribution in [0.25, 0.3) is 11.1 Å². The standard InChI is InChI=1S/C16H16O/c1-11-9-15(10-17)13(3)16(12(11)2)14-7-5-4-6-8-14/h4-10H,1-3H3. The number of aldehydes is 1. The van der Waals surface area contributed by atoms with Crippen LogP contribution in [0.15, 0.2) is 36.4 Å². The average Bonchev–Trinajstić information content (AvgIpc) is 2.35. The molecular weight excluding hydrogens is 208 g/mol. The molecule has 1 nitrogen and oxygen atoms in total. The van der Waals surface area contributed by atoms with E-state index in [4.69, 9.17) is 0 Å². The minimum Gasteiger partial charge on any atom is -0.298 e. The Bertz CT molecular complexity index is 553. The molecule has 2 aromatic rings. The van der Waals surface area contributed by atoms with Gasteiger partial charge in [0.2, 0.25) is 0 Å². The molecule has 0 aliphatic heterocycles. The van der Waals surface area contributed by atoms with Crippen molar-refractivity contribution in [1.29, 1.82) is 0 Å². The third-order valence-corrected chi connectivity index (χ3v) is 3.34. The van der Waals surface area contributed by atoms with E-state index in [9.17, 15) is 4.79 Å². The average molecular weight is 224 g/mol. The summed E-state index contributed by atoms with van der Waals surface area (Å²) in [5, 5.41) is 0. The van der Waals surface area contributed by atoms with Gasteiger partial charge in [-0.2, -0.15) is 0 Å². The van der Waals surface area contributed by atoms with Gasteiger partial charge in [0.15, 0.2) is 0 Å². The Hall–Kier alpha value is -1.89. The molecule has 0 saturated carbocycles. The molecule has 0 bridgehead atoms. The van der Waals surface area contributed by atoms with Gasteiger partial charge in [-0.1, -0.05) is 30.3 Å². The third kappa shape index (κ3) is 2.01. The number of rotatable bonds is 2. The topological polar surface area (TPSA) is 17.1 Å². The van der Waals surface area contributed by atoms with Gasteiger partial charge >= 0.3 is 0 Å². The van der Waals surface area contributed by atoms with Crippen LogP contribution in [0.4, 0.5) is 0 Å². The molecule has 0 radical (unpaired) electrons. The van der Waals surface area contributed by atoms with Crippen molar-refractivity contribution in [3.63, 3.8) is 0 Å². The minimum atomic E-state index is 0.784. The van der Waals surface area contributed by atoms with E-state index < -0.39 is 0 Å². The molecule has 0 heterocycles. The Kier molecular flexibility index (Phi) is 3.10. The molecule has 0 fully saturated rings. The van der Waals surface area contributed by atoms with Crippen LogP contribution in [-0.2, 0) is 0 Å². The quantitative estimate of drug-likeness (QED) is 0.702. The maximum atomic E-state index is 11.1. The van der Waals surface area contributed by atoms with Crippen molar-refractivity contribution in [1.82, 2.24) is 0 Å². The number of benzene rings is 2. The highest BCUT2D eigenvalue weighted by molar-refractivity contribution is 5.85. The lowest BCUT2D eigenvalue weighted by molar-refractivity contribution is 0.112. The number of carbonyl (C=O) groups excluding carboxylic acids is 1. The zero-order valence-electron chi connectivity index (χ0n) is 10.4. The number of carbonyl (C=O) groups is 1. The molecule has 1 heteroatoms. The van der Waals surface area contributed by atoms with Crippen LogP contribution in [0.3, 0.4) is 0 Å². The first-order valence-corrected chi connectivity index (χ1v) is 5.76. The van der Waals surface area contributed by atoms with Gasteiger partial charge in [0.05, 0.1) is 0 Å². The lowest BCUT2D eigenvalue weighted by Crippen LogP contribution is -1.97. The van der Waals surface area contributed by atoms with Crippen LogP contribution in [0.5, 0.6) is 0 Å². The van der Waals surface area contributed by atoms with E-state index in [-0.39, 0.29) is 0 Å². The van der Waals surface area contributed by atoms with Crippen LogP contribution in [-0.4, -0.2) is 6.29 Å². The van der Waals surface area contributed by atoms with Crippen molar-refractivity contribution in [2.45, 2.75) is 20.8 Å². The van der Waals surface area contributed by atoms with E-state index in [1.165, 1.54) is 16.7 Å². The number of hydrogen-bond acceptors (Lipinski definition) is 1. The largest absolute Gasteiger partial charge is 0.298 e. The van der Waals surface area contributed by atoms with Crippen LogP contribution >= 0.6 is 0 Å². The lowest BCUT2D eigenvalue weighted by atomic mass is 9.90. The predicted octanol–water partition coefficient (Wildman–Crippen LogP) is 4.09. The summed E-state index contributed by atoms with van der Waals surface area (Å²) >= 11 is 0. The Morgan fingerprint density at radius 3 is 2.18 bits per heavy atom. The molecule has 17 heavy (non-hydrogen) atoms. The SMILES string of the molecule is Cc1cc(C=O)c(C)c(-c2ccccc2)c1C. The Morgan fingerprint density at radius 1 is 0.941 bits per heavy atom. The van der Waals surface area contributed by atoms with E-state index in [1.807, 2.05) is 38.1 Å². The molecular formula is C16H16O. The molecule has 2 rings (SSSR count). The summed E-state index contributed by atoms with van der Waals surface area (Å²) in [7, 11) is 0. The molecule has 0 aliphatic carbocycles. The predicted molar refractivity (Wildman–Crippen MR) is 71.5 cm³/mol. The van der Waals surface area contributed by atoms with E-state index in [1.54, 1.807) is 0 Å². The second-order valence-electron chi connectivity index (χ2n) is 4.39. The van der Waals surface area contributed by atoms with E-state index in [2.05, 4.69) is 19.1 Å². The summed E-state index contributed by atoms with van der Waals surface area (Å²) in [6.07, 6.45) is 0.939. The Balaban J connectivity index is 2.77. The summed E-state index contributed by atoms with van der Waals surface area (Å²) in [6.45, 7) is 6.17. The molecule has 0 saturated heterocycles. The normalized spacial score (nSPS) is 10.3. The fourth-order valence-corrected chi connectivity index (χ4v) is 2.23. The van der Waals surface area contributed by atoms with Crippen LogP contribution in [0.1, 0.15) is 27.0 Å². The van der Waals surface area contributed by atoms with Crippen molar-refractivity contribution >= 4 is 6.29 Å². The maximum absolute atomic E-state index is 11.1. The zero-order valence-corrected chi connectivity index (χ0v) is 10.4. The van der Waals surface area contributed by atoms with Crippen molar-refractivity contribution in [3.05, 3.63) is 58.7 Å². The van der Waals surface area contributed by atoms with Crippen LogP contribution in [0, 0.1) is 20.8 Å². The minimum absolute atomic E-state index is 0.784. The van der Waals surface area contributed by atoms with Crippen LogP contribution in [0.2, 0.25) is 0 Å². The molecule has 0 unspecified atom stereocenters. The van der Waals surface area contributed by atoms with Crippen LogP contribution < -0.4 is 0 Å². The molecule has 0 amide bonds. The number of hydrogen-bond donors (Lipinski definition) is 0. The monoisotopic (exact) mass is 224 g/mol. The fourth-order valence-electron chi connectivity index (χ4n) is 2.23. The fraction of sp³-hybridized carbons (Fsp3) is 0.188. The van der Waals surface area contributed by atoms with E-state index in [0.717, 1.165) is 23.0 Å². The summed E-state index contributed by atoms with van der Waals surface area (Å²) in [5.41, 5.74) is 6.62. The molecule has 0 N–H and O–H groups in total. The first-order valence-electron chi connectivity index (χ1n) is 5.76. The van der Waals surface area contributed by atoms with Crippen molar-refractivity contribution < 1.29 is 4.79 Å². The summed E-state index contributed by atoms with van der Waals surface area (Å²) in [4.78, 5) is 11.1. The smallest absolute Gasteiger partial charge is 0.150 e. The second-order valence-corrected chi connectivity index (χ2v) is 4.39. The van der Waals surface area contributed by atoms with Gasteiger partial charge in [-0.25, -0.2) is 0 Å². The molecule has 0 aliphatic rings. The first-order chi connectivity index (χ1) is 8.15. The van der Waals surface area contributed by atoms with Gasteiger partial charge in [-0.3, -0.25) is 4.79 Å². The highest BCUT2D eigenvalue weighted by atomic mass is 16.1. The molecule has 0 atom stereocenters. The summed E-state index contributed by atoms with van der Waals surface area (Å²) < 4.78 is 0. The first kappa shape index (κ1) is 11.6. The van der Waals surface area contributed by atoms with Crippen molar-refractivity contribution in [2.24, 2.45) is 0 Å². The van der Waals surface area contributed by atoms with E-state index in [0.29, 0.717) is 0 Å².